The molecule has 2 N–H and O–H groups in total. The van der Waals surface area contributed by atoms with Gasteiger partial charge in [0.2, 0.25) is 0 Å². The third-order valence-corrected chi connectivity index (χ3v) is 4.85. The van der Waals surface area contributed by atoms with Crippen LogP contribution >= 0.6 is 11.6 Å². The van der Waals surface area contributed by atoms with Crippen LogP contribution in [0, 0.1) is 5.82 Å². The maximum absolute atomic E-state index is 14.2. The van der Waals surface area contributed by atoms with Crippen molar-refractivity contribution in [2.24, 2.45) is 5.73 Å². The Kier molecular flexibility index (Phi) is 5.99. The summed E-state index contributed by atoms with van der Waals surface area (Å²) < 4.78 is 14.2. The summed E-state index contributed by atoms with van der Waals surface area (Å²) in [5.74, 6) is -0.260. The molecule has 2 atom stereocenters. The van der Waals surface area contributed by atoms with Gasteiger partial charge in [0.15, 0.2) is 0 Å². The van der Waals surface area contributed by atoms with Gasteiger partial charge in [-0.1, -0.05) is 31.5 Å². The topological polar surface area (TPSA) is 32.5 Å². The van der Waals surface area contributed by atoms with Crippen molar-refractivity contribution in [2.45, 2.75) is 32.4 Å². The van der Waals surface area contributed by atoms with Gasteiger partial charge in [-0.15, -0.1) is 0 Å². The second kappa shape index (κ2) is 7.54. The number of nitrogens with two attached hydrogens (primary N) is 1. The van der Waals surface area contributed by atoms with Gasteiger partial charge in [-0.05, 0) is 31.6 Å². The third kappa shape index (κ3) is 3.57. The monoisotopic (exact) mass is 313 g/mol. The third-order valence-electron chi connectivity index (χ3n) is 4.52. The van der Waals surface area contributed by atoms with Gasteiger partial charge in [-0.25, -0.2) is 4.39 Å². The lowest BCUT2D eigenvalue weighted by Crippen LogP contribution is -2.39. The summed E-state index contributed by atoms with van der Waals surface area (Å²) in [5.41, 5.74) is 6.47. The number of nitrogens with zero attached hydrogens (tertiary/aromatic N) is 2. The van der Waals surface area contributed by atoms with Gasteiger partial charge < -0.3 is 5.73 Å². The van der Waals surface area contributed by atoms with Gasteiger partial charge in [0.25, 0.3) is 0 Å². The molecule has 21 heavy (non-hydrogen) atoms. The quantitative estimate of drug-likeness (QED) is 0.876. The van der Waals surface area contributed by atoms with Crippen LogP contribution in [0.2, 0.25) is 5.02 Å². The molecule has 1 heterocycles. The van der Waals surface area contributed by atoms with Crippen LogP contribution in [0.4, 0.5) is 4.39 Å². The van der Waals surface area contributed by atoms with Crippen molar-refractivity contribution in [3.8, 4) is 0 Å². The first-order valence-corrected chi connectivity index (χ1v) is 8.12. The zero-order chi connectivity index (χ0) is 15.4. The second-order valence-corrected chi connectivity index (χ2v) is 5.95. The van der Waals surface area contributed by atoms with Gasteiger partial charge in [-0.3, -0.25) is 9.80 Å². The van der Waals surface area contributed by atoms with Crippen LogP contribution in [0.5, 0.6) is 0 Å². The van der Waals surface area contributed by atoms with E-state index in [9.17, 15) is 4.39 Å². The maximum atomic E-state index is 14.2. The van der Waals surface area contributed by atoms with E-state index < -0.39 is 0 Å². The summed E-state index contributed by atoms with van der Waals surface area (Å²) in [6.45, 7) is 8.69. The highest BCUT2D eigenvalue weighted by Gasteiger charge is 2.32. The van der Waals surface area contributed by atoms with Crippen molar-refractivity contribution in [3.63, 3.8) is 0 Å². The molecular weight excluding hydrogens is 289 g/mol. The lowest BCUT2D eigenvalue weighted by atomic mass is 10.0. The van der Waals surface area contributed by atoms with E-state index in [0.717, 1.165) is 32.6 Å². The number of halogens is 2. The average molecular weight is 314 g/mol. The van der Waals surface area contributed by atoms with E-state index in [1.165, 1.54) is 6.07 Å². The Balaban J connectivity index is 2.16. The van der Waals surface area contributed by atoms with E-state index in [1.54, 1.807) is 12.1 Å². The zero-order valence-corrected chi connectivity index (χ0v) is 13.6. The molecule has 3 nitrogen and oxygen atoms in total. The number of likely N-dealkylation sites (N-methyl/N-ethyl adjacent to an activating group) is 1. The van der Waals surface area contributed by atoms with Crippen LogP contribution in [0.15, 0.2) is 18.2 Å². The van der Waals surface area contributed by atoms with E-state index in [-0.39, 0.29) is 11.9 Å². The van der Waals surface area contributed by atoms with Crippen LogP contribution in [0.3, 0.4) is 0 Å². The molecule has 0 amide bonds. The van der Waals surface area contributed by atoms with Crippen LogP contribution in [0.1, 0.15) is 31.9 Å². The largest absolute Gasteiger partial charge is 0.329 e. The van der Waals surface area contributed by atoms with Crippen molar-refractivity contribution >= 4 is 11.6 Å². The smallest absolute Gasteiger partial charge is 0.129 e. The fourth-order valence-electron chi connectivity index (χ4n) is 3.37. The standard InChI is InChI=1S/C16H25ClFN3/c1-3-20(4-2)12-8-9-21(11-12)15(10-19)16-13(17)6-5-7-14(16)18/h5-7,12,15H,3-4,8-11,19H2,1-2H3. The van der Waals surface area contributed by atoms with Crippen molar-refractivity contribution < 1.29 is 4.39 Å². The molecule has 1 aliphatic heterocycles. The molecule has 2 rings (SSSR count). The zero-order valence-electron chi connectivity index (χ0n) is 12.9. The molecule has 1 fully saturated rings. The van der Waals surface area contributed by atoms with Gasteiger partial charge in [-0.2, -0.15) is 0 Å². The summed E-state index contributed by atoms with van der Waals surface area (Å²) >= 11 is 6.20. The molecule has 1 aromatic carbocycles. The predicted octanol–water partition coefficient (Wildman–Crippen LogP) is 2.90. The molecule has 1 saturated heterocycles. The van der Waals surface area contributed by atoms with E-state index in [1.807, 2.05) is 0 Å². The molecule has 0 radical (unpaired) electrons. The molecule has 2 unspecified atom stereocenters. The fourth-order valence-corrected chi connectivity index (χ4v) is 3.66. The van der Waals surface area contributed by atoms with Gasteiger partial charge in [0.05, 0.1) is 6.04 Å². The lowest BCUT2D eigenvalue weighted by molar-refractivity contribution is 0.188. The normalized spacial score (nSPS) is 21.1. The first-order chi connectivity index (χ1) is 10.1. The van der Waals surface area contributed by atoms with E-state index in [4.69, 9.17) is 17.3 Å². The highest BCUT2D eigenvalue weighted by molar-refractivity contribution is 6.31. The highest BCUT2D eigenvalue weighted by atomic mass is 35.5. The SMILES string of the molecule is CCN(CC)C1CCN(C(CN)c2c(F)cccc2Cl)C1. The Morgan fingerprint density at radius 1 is 1.43 bits per heavy atom. The van der Waals surface area contributed by atoms with Crippen molar-refractivity contribution in [3.05, 3.63) is 34.6 Å². The second-order valence-electron chi connectivity index (χ2n) is 5.55. The lowest BCUT2D eigenvalue weighted by Gasteiger charge is -2.30. The van der Waals surface area contributed by atoms with E-state index in [0.29, 0.717) is 23.2 Å². The Morgan fingerprint density at radius 2 is 2.14 bits per heavy atom. The van der Waals surface area contributed by atoms with Crippen LogP contribution < -0.4 is 5.73 Å². The Bertz CT molecular complexity index is 445. The minimum Gasteiger partial charge on any atom is -0.329 e. The molecule has 118 valence electrons. The summed E-state index contributed by atoms with van der Waals surface area (Å²) in [7, 11) is 0. The first-order valence-electron chi connectivity index (χ1n) is 7.74. The van der Waals surface area contributed by atoms with Crippen molar-refractivity contribution in [1.82, 2.24) is 9.80 Å². The van der Waals surface area contributed by atoms with Gasteiger partial charge in [0.1, 0.15) is 5.82 Å². The molecule has 0 saturated carbocycles. The average Bonchev–Trinajstić information content (AvgIpc) is 2.94. The van der Waals surface area contributed by atoms with E-state index >= 15 is 0 Å². The van der Waals surface area contributed by atoms with Crippen molar-refractivity contribution in [1.29, 1.82) is 0 Å². The Morgan fingerprint density at radius 3 is 2.71 bits per heavy atom. The van der Waals surface area contributed by atoms with Crippen LogP contribution in [-0.2, 0) is 0 Å². The highest BCUT2D eigenvalue weighted by Crippen LogP contribution is 2.32. The van der Waals surface area contributed by atoms with Crippen LogP contribution in [-0.4, -0.2) is 48.6 Å². The number of benzene rings is 1. The number of hydrogen-bond donors (Lipinski definition) is 1. The maximum Gasteiger partial charge on any atom is 0.129 e. The summed E-state index contributed by atoms with van der Waals surface area (Å²) in [6.07, 6.45) is 1.10. The molecule has 5 heteroatoms. The summed E-state index contributed by atoms with van der Waals surface area (Å²) in [4.78, 5) is 4.73. The molecule has 0 spiro atoms. The predicted molar refractivity (Wildman–Crippen MR) is 86.1 cm³/mol. The molecule has 1 aromatic rings. The fraction of sp³-hybridized carbons (Fsp3) is 0.625. The summed E-state index contributed by atoms with van der Waals surface area (Å²) in [5, 5.41) is 0.469. The van der Waals surface area contributed by atoms with Crippen molar-refractivity contribution in [2.75, 3.05) is 32.7 Å². The molecule has 0 aromatic heterocycles. The molecular formula is C16H25ClFN3. The Labute approximate surface area is 131 Å². The van der Waals surface area contributed by atoms with Crippen LogP contribution in [0.25, 0.3) is 0 Å². The minimum atomic E-state index is -0.260. The molecule has 0 bridgehead atoms. The Hall–Kier alpha value is -0.680. The summed E-state index contributed by atoms with van der Waals surface area (Å²) in [6, 6.07) is 5.22. The number of hydrogen-bond acceptors (Lipinski definition) is 3. The number of likely N-dealkylation sites (tertiary alicyclic amines) is 1. The number of rotatable bonds is 6. The minimum absolute atomic E-state index is 0.140. The van der Waals surface area contributed by atoms with Gasteiger partial charge >= 0.3 is 0 Å². The molecule has 0 aliphatic carbocycles. The van der Waals surface area contributed by atoms with Gasteiger partial charge in [0, 0.05) is 36.3 Å². The van der Waals surface area contributed by atoms with E-state index in [2.05, 4.69) is 23.6 Å². The molecule has 1 aliphatic rings. The first kappa shape index (κ1) is 16.7.